The van der Waals surface area contributed by atoms with Gasteiger partial charge in [-0.05, 0) is 42.4 Å². The van der Waals surface area contributed by atoms with Gasteiger partial charge in [0, 0.05) is 12.3 Å². The number of pyridine rings is 1. The van der Waals surface area contributed by atoms with Crippen LogP contribution in [0.1, 0.15) is 44.6 Å². The van der Waals surface area contributed by atoms with Crippen LogP contribution in [0.15, 0.2) is 48.7 Å². The maximum absolute atomic E-state index is 5.73. The van der Waals surface area contributed by atoms with E-state index in [4.69, 9.17) is 4.74 Å². The Hall–Kier alpha value is -1.83. The first kappa shape index (κ1) is 15.1. The van der Waals surface area contributed by atoms with Crippen molar-refractivity contribution in [2.24, 2.45) is 11.8 Å². The Morgan fingerprint density at radius 3 is 2.45 bits per heavy atom. The van der Waals surface area contributed by atoms with Gasteiger partial charge in [0.1, 0.15) is 5.75 Å². The lowest BCUT2D eigenvalue weighted by Crippen LogP contribution is -2.12. The molecule has 1 fully saturated rings. The number of para-hydroxylation sites is 1. The number of hydrogen-bond acceptors (Lipinski definition) is 2. The summed E-state index contributed by atoms with van der Waals surface area (Å²) < 4.78 is 5.73. The van der Waals surface area contributed by atoms with Crippen LogP contribution in [-0.2, 0) is 6.42 Å². The van der Waals surface area contributed by atoms with Gasteiger partial charge in [-0.2, -0.15) is 0 Å². The SMILES string of the molecule is CC1CCC(CCc2ccc(Oc3ccccc3)nc2)CC1. The van der Waals surface area contributed by atoms with E-state index in [0.717, 1.165) is 24.0 Å². The first-order valence-electron chi connectivity index (χ1n) is 8.47. The highest BCUT2D eigenvalue weighted by Gasteiger charge is 2.17. The molecule has 0 bridgehead atoms. The molecule has 0 unspecified atom stereocenters. The van der Waals surface area contributed by atoms with E-state index in [0.29, 0.717) is 5.88 Å². The Labute approximate surface area is 133 Å². The van der Waals surface area contributed by atoms with Gasteiger partial charge in [0.25, 0.3) is 0 Å². The monoisotopic (exact) mass is 295 g/mol. The molecule has 116 valence electrons. The molecule has 2 heteroatoms. The first-order chi connectivity index (χ1) is 10.8. The van der Waals surface area contributed by atoms with Crippen LogP contribution in [0.25, 0.3) is 0 Å². The van der Waals surface area contributed by atoms with Crippen LogP contribution in [0.5, 0.6) is 11.6 Å². The van der Waals surface area contributed by atoms with E-state index in [1.165, 1.54) is 37.7 Å². The lowest BCUT2D eigenvalue weighted by molar-refractivity contribution is 0.277. The topological polar surface area (TPSA) is 22.1 Å². The highest BCUT2D eigenvalue weighted by Crippen LogP contribution is 2.31. The fourth-order valence-electron chi connectivity index (χ4n) is 3.22. The summed E-state index contributed by atoms with van der Waals surface area (Å²) in [6, 6.07) is 13.9. The molecule has 1 aromatic heterocycles. The van der Waals surface area contributed by atoms with E-state index < -0.39 is 0 Å². The Bertz CT molecular complexity index is 556. The van der Waals surface area contributed by atoms with E-state index >= 15 is 0 Å². The molecule has 0 N–H and O–H groups in total. The molecule has 2 nitrogen and oxygen atoms in total. The second-order valence-electron chi connectivity index (χ2n) is 6.58. The Balaban J connectivity index is 1.49. The molecule has 0 aliphatic heterocycles. The standard InChI is InChI=1S/C20H25NO/c1-16-7-9-17(10-8-16)11-12-18-13-14-20(21-15-18)22-19-5-3-2-4-6-19/h2-6,13-17H,7-12H2,1H3. The third-order valence-electron chi connectivity index (χ3n) is 4.74. The van der Waals surface area contributed by atoms with Crippen LogP contribution >= 0.6 is 0 Å². The lowest BCUT2D eigenvalue weighted by atomic mass is 9.80. The average Bonchev–Trinajstić information content (AvgIpc) is 2.57. The molecule has 3 rings (SSSR count). The number of benzene rings is 1. The number of rotatable bonds is 5. The Morgan fingerprint density at radius 2 is 1.77 bits per heavy atom. The summed E-state index contributed by atoms with van der Waals surface area (Å²) >= 11 is 0. The zero-order chi connectivity index (χ0) is 15.2. The molecule has 2 aromatic rings. The summed E-state index contributed by atoms with van der Waals surface area (Å²) in [6.07, 6.45) is 10.0. The van der Waals surface area contributed by atoms with Crippen molar-refractivity contribution in [3.63, 3.8) is 0 Å². The van der Waals surface area contributed by atoms with E-state index in [-0.39, 0.29) is 0 Å². The van der Waals surface area contributed by atoms with Crippen molar-refractivity contribution in [1.29, 1.82) is 0 Å². The van der Waals surface area contributed by atoms with Gasteiger partial charge in [0.05, 0.1) is 0 Å². The van der Waals surface area contributed by atoms with Crippen LogP contribution in [0.4, 0.5) is 0 Å². The second kappa shape index (κ2) is 7.44. The maximum atomic E-state index is 5.73. The van der Waals surface area contributed by atoms with E-state index in [9.17, 15) is 0 Å². The summed E-state index contributed by atoms with van der Waals surface area (Å²) in [7, 11) is 0. The van der Waals surface area contributed by atoms with Gasteiger partial charge in [-0.15, -0.1) is 0 Å². The number of aryl methyl sites for hydroxylation is 1. The van der Waals surface area contributed by atoms with Gasteiger partial charge in [-0.1, -0.05) is 56.9 Å². The summed E-state index contributed by atoms with van der Waals surface area (Å²) in [4.78, 5) is 4.43. The van der Waals surface area contributed by atoms with Gasteiger partial charge < -0.3 is 4.74 Å². The molecule has 0 radical (unpaired) electrons. The van der Waals surface area contributed by atoms with Crippen LogP contribution in [0.3, 0.4) is 0 Å². The van der Waals surface area contributed by atoms with Crippen LogP contribution < -0.4 is 4.74 Å². The van der Waals surface area contributed by atoms with Gasteiger partial charge in [-0.3, -0.25) is 0 Å². The predicted octanol–water partition coefficient (Wildman–Crippen LogP) is 5.63. The molecule has 1 aliphatic carbocycles. The molecular weight excluding hydrogens is 270 g/mol. The molecule has 1 aliphatic rings. The summed E-state index contributed by atoms with van der Waals surface area (Å²) in [6.45, 7) is 2.38. The molecule has 1 aromatic carbocycles. The fraction of sp³-hybridized carbons (Fsp3) is 0.450. The first-order valence-corrected chi connectivity index (χ1v) is 8.47. The molecule has 22 heavy (non-hydrogen) atoms. The minimum Gasteiger partial charge on any atom is -0.439 e. The Kier molecular flexibility index (Phi) is 5.10. The third kappa shape index (κ3) is 4.33. The third-order valence-corrected chi connectivity index (χ3v) is 4.74. The smallest absolute Gasteiger partial charge is 0.219 e. The van der Waals surface area contributed by atoms with Crippen molar-refractivity contribution in [3.05, 3.63) is 54.2 Å². The average molecular weight is 295 g/mol. The zero-order valence-electron chi connectivity index (χ0n) is 13.4. The lowest BCUT2D eigenvalue weighted by Gasteiger charge is -2.26. The van der Waals surface area contributed by atoms with Crippen LogP contribution in [-0.4, -0.2) is 4.98 Å². The van der Waals surface area contributed by atoms with Gasteiger partial charge >= 0.3 is 0 Å². The maximum Gasteiger partial charge on any atom is 0.219 e. The molecule has 1 heterocycles. The number of aromatic nitrogens is 1. The minimum absolute atomic E-state index is 0.668. The summed E-state index contributed by atoms with van der Waals surface area (Å²) in [5.74, 6) is 3.35. The number of ether oxygens (including phenoxy) is 1. The van der Waals surface area contributed by atoms with Gasteiger partial charge in [0.15, 0.2) is 0 Å². The van der Waals surface area contributed by atoms with E-state index in [1.807, 2.05) is 42.6 Å². The van der Waals surface area contributed by atoms with Crippen molar-refractivity contribution < 1.29 is 4.74 Å². The molecule has 0 amide bonds. The molecule has 0 atom stereocenters. The largest absolute Gasteiger partial charge is 0.439 e. The van der Waals surface area contributed by atoms with Crippen molar-refractivity contribution in [3.8, 4) is 11.6 Å². The second-order valence-corrected chi connectivity index (χ2v) is 6.58. The summed E-state index contributed by atoms with van der Waals surface area (Å²) in [5.41, 5.74) is 1.32. The highest BCUT2D eigenvalue weighted by atomic mass is 16.5. The van der Waals surface area contributed by atoms with Crippen molar-refractivity contribution in [1.82, 2.24) is 4.98 Å². The van der Waals surface area contributed by atoms with E-state index in [1.54, 1.807) is 0 Å². The quantitative estimate of drug-likeness (QED) is 0.713. The fourth-order valence-corrected chi connectivity index (χ4v) is 3.22. The van der Waals surface area contributed by atoms with Crippen molar-refractivity contribution >= 4 is 0 Å². The molecule has 0 spiro atoms. The predicted molar refractivity (Wildman–Crippen MR) is 90.2 cm³/mol. The van der Waals surface area contributed by atoms with Crippen molar-refractivity contribution in [2.45, 2.75) is 45.4 Å². The summed E-state index contributed by atoms with van der Waals surface area (Å²) in [5, 5.41) is 0. The van der Waals surface area contributed by atoms with Crippen LogP contribution in [0.2, 0.25) is 0 Å². The highest BCUT2D eigenvalue weighted by molar-refractivity contribution is 5.27. The Morgan fingerprint density at radius 1 is 1.00 bits per heavy atom. The van der Waals surface area contributed by atoms with Gasteiger partial charge in [0.2, 0.25) is 5.88 Å². The molecule has 0 saturated heterocycles. The normalized spacial score (nSPS) is 21.5. The molecular formula is C20H25NO. The van der Waals surface area contributed by atoms with Gasteiger partial charge in [-0.25, -0.2) is 4.98 Å². The minimum atomic E-state index is 0.668. The van der Waals surface area contributed by atoms with E-state index in [2.05, 4.69) is 18.0 Å². The zero-order valence-corrected chi connectivity index (χ0v) is 13.4. The number of hydrogen-bond donors (Lipinski definition) is 0. The molecule has 1 saturated carbocycles. The number of nitrogens with zero attached hydrogens (tertiary/aromatic N) is 1. The van der Waals surface area contributed by atoms with Crippen LogP contribution in [0, 0.1) is 11.8 Å². The van der Waals surface area contributed by atoms with Crippen molar-refractivity contribution in [2.75, 3.05) is 0 Å².